The highest BCUT2D eigenvalue weighted by atomic mass is 79.9. The highest BCUT2D eigenvalue weighted by Crippen LogP contribution is 2.25. The van der Waals surface area contributed by atoms with Crippen LogP contribution < -0.4 is 4.74 Å². The summed E-state index contributed by atoms with van der Waals surface area (Å²) in [6, 6.07) is 6.98. The van der Waals surface area contributed by atoms with Gasteiger partial charge < -0.3 is 14.0 Å². The molecule has 0 aliphatic rings. The molecular formula is C13H12BrNO4. The lowest BCUT2D eigenvalue weighted by Crippen LogP contribution is -2.04. The van der Waals surface area contributed by atoms with E-state index in [4.69, 9.17) is 14.0 Å². The molecule has 0 unspecified atom stereocenters. The van der Waals surface area contributed by atoms with Gasteiger partial charge in [-0.15, -0.1) is 0 Å². The van der Waals surface area contributed by atoms with Crippen molar-refractivity contribution in [2.45, 2.75) is 13.5 Å². The van der Waals surface area contributed by atoms with Crippen molar-refractivity contribution < 1.29 is 18.8 Å². The van der Waals surface area contributed by atoms with E-state index in [0.717, 1.165) is 15.8 Å². The van der Waals surface area contributed by atoms with Crippen LogP contribution in [0.1, 0.15) is 21.8 Å². The Morgan fingerprint density at radius 1 is 1.42 bits per heavy atom. The predicted molar refractivity (Wildman–Crippen MR) is 71.1 cm³/mol. The maximum atomic E-state index is 11.6. The van der Waals surface area contributed by atoms with Crippen molar-refractivity contribution in [2.75, 3.05) is 7.11 Å². The van der Waals surface area contributed by atoms with Crippen LogP contribution in [0.25, 0.3) is 0 Å². The fourth-order valence-electron chi connectivity index (χ4n) is 1.48. The highest BCUT2D eigenvalue weighted by molar-refractivity contribution is 9.10. The van der Waals surface area contributed by atoms with E-state index >= 15 is 0 Å². The topological polar surface area (TPSA) is 61.6 Å². The van der Waals surface area contributed by atoms with Crippen molar-refractivity contribution >= 4 is 21.9 Å². The third-order valence-electron chi connectivity index (χ3n) is 2.42. The molecule has 1 aromatic heterocycles. The van der Waals surface area contributed by atoms with Gasteiger partial charge in [-0.2, -0.15) is 0 Å². The molecule has 0 amide bonds. The molecule has 2 rings (SSSR count). The van der Waals surface area contributed by atoms with Crippen LogP contribution in [0.3, 0.4) is 0 Å². The summed E-state index contributed by atoms with van der Waals surface area (Å²) in [4.78, 5) is 11.6. The molecule has 0 fully saturated rings. The Morgan fingerprint density at radius 3 is 2.79 bits per heavy atom. The second-order valence-corrected chi connectivity index (χ2v) is 4.73. The van der Waals surface area contributed by atoms with Crippen molar-refractivity contribution in [3.8, 4) is 5.75 Å². The minimum atomic E-state index is -0.535. The van der Waals surface area contributed by atoms with Gasteiger partial charge in [-0.3, -0.25) is 0 Å². The average molecular weight is 326 g/mol. The number of rotatable bonds is 4. The van der Waals surface area contributed by atoms with Crippen LogP contribution in [-0.4, -0.2) is 18.2 Å². The molecule has 0 aliphatic heterocycles. The fourth-order valence-corrected chi connectivity index (χ4v) is 2.07. The van der Waals surface area contributed by atoms with Crippen LogP contribution >= 0.6 is 15.9 Å². The second kappa shape index (κ2) is 5.88. The first-order chi connectivity index (χ1) is 9.10. The normalized spacial score (nSPS) is 10.3. The largest absolute Gasteiger partial charge is 0.496 e. The SMILES string of the molecule is COc1ccc(COC(=O)c2cc(C)no2)cc1Br. The summed E-state index contributed by atoms with van der Waals surface area (Å²) in [6.07, 6.45) is 0. The van der Waals surface area contributed by atoms with Gasteiger partial charge in [0.15, 0.2) is 0 Å². The fraction of sp³-hybridized carbons (Fsp3) is 0.231. The van der Waals surface area contributed by atoms with E-state index in [2.05, 4.69) is 21.1 Å². The molecule has 0 saturated heterocycles. The van der Waals surface area contributed by atoms with Crippen molar-refractivity contribution in [1.29, 1.82) is 0 Å². The molecule has 0 N–H and O–H groups in total. The first-order valence-electron chi connectivity index (χ1n) is 5.53. The summed E-state index contributed by atoms with van der Waals surface area (Å²) >= 11 is 3.37. The molecule has 0 spiro atoms. The lowest BCUT2D eigenvalue weighted by molar-refractivity contribution is 0.0425. The third-order valence-corrected chi connectivity index (χ3v) is 3.03. The van der Waals surface area contributed by atoms with Gasteiger partial charge >= 0.3 is 5.97 Å². The number of carbonyl (C=O) groups excluding carboxylic acids is 1. The molecule has 1 heterocycles. The number of ether oxygens (including phenoxy) is 2. The van der Waals surface area contributed by atoms with Crippen LogP contribution in [0.15, 0.2) is 33.3 Å². The van der Waals surface area contributed by atoms with E-state index in [1.54, 1.807) is 20.1 Å². The molecule has 0 saturated carbocycles. The number of benzene rings is 1. The zero-order chi connectivity index (χ0) is 13.8. The molecule has 100 valence electrons. The van der Waals surface area contributed by atoms with Crippen LogP contribution in [0, 0.1) is 6.92 Å². The maximum Gasteiger partial charge on any atom is 0.377 e. The van der Waals surface area contributed by atoms with Crippen LogP contribution in [0.2, 0.25) is 0 Å². The smallest absolute Gasteiger partial charge is 0.377 e. The van der Waals surface area contributed by atoms with E-state index in [9.17, 15) is 4.79 Å². The van der Waals surface area contributed by atoms with Crippen LogP contribution in [0.4, 0.5) is 0 Å². The first kappa shape index (κ1) is 13.6. The zero-order valence-electron chi connectivity index (χ0n) is 10.5. The number of halogens is 1. The summed E-state index contributed by atoms with van der Waals surface area (Å²) < 4.78 is 15.9. The summed E-state index contributed by atoms with van der Waals surface area (Å²) in [7, 11) is 1.59. The minimum Gasteiger partial charge on any atom is -0.496 e. The van der Waals surface area contributed by atoms with Gasteiger partial charge in [0.25, 0.3) is 0 Å². The molecule has 2 aromatic rings. The standard InChI is InChI=1S/C13H12BrNO4/c1-8-5-12(19-15-8)13(16)18-7-9-3-4-11(17-2)10(14)6-9/h3-6H,7H2,1-2H3. The Labute approximate surface area is 118 Å². The predicted octanol–water partition coefficient (Wildman–Crippen LogP) is 3.11. The Bertz CT molecular complexity index is 594. The molecule has 0 radical (unpaired) electrons. The van der Waals surface area contributed by atoms with E-state index in [1.165, 1.54) is 6.07 Å². The number of esters is 1. The third kappa shape index (κ3) is 3.35. The molecule has 5 nitrogen and oxygen atoms in total. The number of hydrogen-bond donors (Lipinski definition) is 0. The molecule has 6 heteroatoms. The summed E-state index contributed by atoms with van der Waals surface area (Å²) in [5.74, 6) is 0.290. The van der Waals surface area contributed by atoms with Crippen LogP contribution in [0.5, 0.6) is 5.75 Å². The Morgan fingerprint density at radius 2 is 2.21 bits per heavy atom. The van der Waals surface area contributed by atoms with E-state index in [-0.39, 0.29) is 12.4 Å². The quantitative estimate of drug-likeness (QED) is 0.808. The lowest BCUT2D eigenvalue weighted by Gasteiger charge is -2.06. The number of aryl methyl sites for hydroxylation is 1. The second-order valence-electron chi connectivity index (χ2n) is 3.88. The lowest BCUT2D eigenvalue weighted by atomic mass is 10.2. The Balaban J connectivity index is 1.99. The number of hydrogen-bond acceptors (Lipinski definition) is 5. The molecule has 0 aliphatic carbocycles. The highest BCUT2D eigenvalue weighted by Gasteiger charge is 2.13. The number of carbonyl (C=O) groups is 1. The van der Waals surface area contributed by atoms with Gasteiger partial charge in [-0.25, -0.2) is 4.79 Å². The molecule has 0 atom stereocenters. The summed E-state index contributed by atoms with van der Waals surface area (Å²) in [5.41, 5.74) is 1.48. The molecule has 1 aromatic carbocycles. The number of aromatic nitrogens is 1. The Hall–Kier alpha value is -1.82. The van der Waals surface area contributed by atoms with Crippen molar-refractivity contribution in [1.82, 2.24) is 5.16 Å². The van der Waals surface area contributed by atoms with E-state index < -0.39 is 5.97 Å². The van der Waals surface area contributed by atoms with E-state index in [0.29, 0.717) is 5.69 Å². The van der Waals surface area contributed by atoms with Gasteiger partial charge in [0.05, 0.1) is 17.3 Å². The monoisotopic (exact) mass is 325 g/mol. The average Bonchev–Trinajstić information content (AvgIpc) is 2.83. The molecule has 0 bridgehead atoms. The van der Waals surface area contributed by atoms with Gasteiger partial charge in [0, 0.05) is 6.07 Å². The number of methoxy groups -OCH3 is 1. The summed E-state index contributed by atoms with van der Waals surface area (Å²) in [6.45, 7) is 1.89. The maximum absolute atomic E-state index is 11.6. The van der Waals surface area contributed by atoms with Crippen LogP contribution in [-0.2, 0) is 11.3 Å². The van der Waals surface area contributed by atoms with Gasteiger partial charge in [-0.05, 0) is 40.5 Å². The first-order valence-corrected chi connectivity index (χ1v) is 6.32. The number of nitrogens with zero attached hydrogens (tertiary/aromatic N) is 1. The Kier molecular flexibility index (Phi) is 4.21. The van der Waals surface area contributed by atoms with Gasteiger partial charge in [0.2, 0.25) is 5.76 Å². The zero-order valence-corrected chi connectivity index (χ0v) is 12.1. The van der Waals surface area contributed by atoms with Gasteiger partial charge in [-0.1, -0.05) is 11.2 Å². The van der Waals surface area contributed by atoms with E-state index in [1.807, 2.05) is 12.1 Å². The molecule has 19 heavy (non-hydrogen) atoms. The van der Waals surface area contributed by atoms with Gasteiger partial charge in [0.1, 0.15) is 12.4 Å². The minimum absolute atomic E-state index is 0.102. The molecular weight excluding hydrogens is 314 g/mol. The van der Waals surface area contributed by atoms with Crippen molar-refractivity contribution in [2.24, 2.45) is 0 Å². The summed E-state index contributed by atoms with van der Waals surface area (Å²) in [5, 5.41) is 3.63. The van der Waals surface area contributed by atoms with Crippen molar-refractivity contribution in [3.05, 3.63) is 45.8 Å². The van der Waals surface area contributed by atoms with Crippen molar-refractivity contribution in [3.63, 3.8) is 0 Å².